The van der Waals surface area contributed by atoms with Gasteiger partial charge in [-0.05, 0) is 11.6 Å². The highest BCUT2D eigenvalue weighted by Gasteiger charge is 2.35. The number of likely N-dealkylation sites (tertiary alicyclic amines) is 1. The maximum atomic E-state index is 4.84. The maximum Gasteiger partial charge on any atom is 0.132 e. The summed E-state index contributed by atoms with van der Waals surface area (Å²) in [7, 11) is 0. The first-order chi connectivity index (χ1) is 10.8. The molecule has 0 aromatic heterocycles. The van der Waals surface area contributed by atoms with Crippen LogP contribution in [0.4, 0.5) is 5.69 Å². The maximum absolute atomic E-state index is 4.84. The number of hydrogen-bond donors (Lipinski definition) is 1. The van der Waals surface area contributed by atoms with Crippen LogP contribution < -0.4 is 5.32 Å². The number of nitrogens with zero attached hydrogens (tertiary/aromatic N) is 2. The van der Waals surface area contributed by atoms with Crippen molar-refractivity contribution in [2.24, 2.45) is 4.99 Å². The number of hydrogen-bond acceptors (Lipinski definition) is 3. The normalized spacial score (nSPS) is 19.6. The average molecular weight is 291 g/mol. The zero-order valence-electron chi connectivity index (χ0n) is 12.7. The van der Waals surface area contributed by atoms with Gasteiger partial charge in [0.1, 0.15) is 5.66 Å². The molecule has 3 heteroatoms. The summed E-state index contributed by atoms with van der Waals surface area (Å²) in [6.45, 7) is 3.21. The lowest BCUT2D eigenvalue weighted by molar-refractivity contribution is 0.170. The molecule has 3 nitrogen and oxygen atoms in total. The second kappa shape index (κ2) is 5.58. The number of nitrogens with one attached hydrogen (secondary N) is 1. The fraction of sp³-hybridized carbons (Fsp3) is 0.316. The third kappa shape index (κ3) is 2.64. The molecule has 0 bridgehead atoms. The second-order valence-electron chi connectivity index (χ2n) is 6.26. The highest BCUT2D eigenvalue weighted by molar-refractivity contribution is 5.90. The van der Waals surface area contributed by atoms with Gasteiger partial charge in [-0.3, -0.25) is 9.89 Å². The van der Waals surface area contributed by atoms with Gasteiger partial charge in [0.2, 0.25) is 0 Å². The molecule has 2 aromatic rings. The average Bonchev–Trinajstić information content (AvgIpc) is 2.58. The summed E-state index contributed by atoms with van der Waals surface area (Å²) >= 11 is 0. The Labute approximate surface area is 131 Å². The minimum Gasteiger partial charge on any atom is -0.361 e. The number of para-hydroxylation sites is 1. The van der Waals surface area contributed by atoms with Gasteiger partial charge in [0.25, 0.3) is 0 Å². The zero-order chi connectivity index (χ0) is 14.8. The minimum atomic E-state index is -0.0957. The van der Waals surface area contributed by atoms with Gasteiger partial charge < -0.3 is 5.32 Å². The van der Waals surface area contributed by atoms with Crippen molar-refractivity contribution in [3.05, 3.63) is 65.7 Å². The van der Waals surface area contributed by atoms with E-state index >= 15 is 0 Å². The Bertz CT molecular complexity index is 670. The van der Waals surface area contributed by atoms with E-state index in [0.717, 1.165) is 32.5 Å². The van der Waals surface area contributed by atoms with E-state index in [2.05, 4.69) is 64.8 Å². The third-order valence-corrected chi connectivity index (χ3v) is 4.71. The van der Waals surface area contributed by atoms with Gasteiger partial charge >= 0.3 is 0 Å². The molecule has 22 heavy (non-hydrogen) atoms. The third-order valence-electron chi connectivity index (χ3n) is 4.71. The molecule has 2 aliphatic heterocycles. The zero-order valence-corrected chi connectivity index (χ0v) is 12.7. The van der Waals surface area contributed by atoms with Crippen LogP contribution in [0, 0.1) is 0 Å². The van der Waals surface area contributed by atoms with E-state index in [1.54, 1.807) is 0 Å². The molecule has 4 rings (SSSR count). The summed E-state index contributed by atoms with van der Waals surface area (Å²) in [5.74, 6) is 0. The molecule has 1 saturated heterocycles. The summed E-state index contributed by atoms with van der Waals surface area (Å²) in [4.78, 5) is 7.37. The summed E-state index contributed by atoms with van der Waals surface area (Å²) in [5.41, 5.74) is 3.71. The quantitative estimate of drug-likeness (QED) is 0.916. The van der Waals surface area contributed by atoms with E-state index in [1.165, 1.54) is 16.8 Å². The minimum absolute atomic E-state index is 0.0957. The fourth-order valence-corrected chi connectivity index (χ4v) is 3.38. The van der Waals surface area contributed by atoms with Crippen molar-refractivity contribution >= 4 is 11.9 Å². The number of benzene rings is 2. The summed E-state index contributed by atoms with van der Waals surface area (Å²) in [6, 6.07) is 19.1. The van der Waals surface area contributed by atoms with Crippen LogP contribution in [0.5, 0.6) is 0 Å². The SMILES string of the molecule is C1=NC2(CCN(Cc3ccccc3)CC2)Nc2ccccc21. The summed E-state index contributed by atoms with van der Waals surface area (Å²) in [6.07, 6.45) is 4.16. The van der Waals surface area contributed by atoms with Gasteiger partial charge in [-0.1, -0.05) is 48.5 Å². The fourth-order valence-electron chi connectivity index (χ4n) is 3.38. The first-order valence-corrected chi connectivity index (χ1v) is 8.02. The first kappa shape index (κ1) is 13.5. The monoisotopic (exact) mass is 291 g/mol. The summed E-state index contributed by atoms with van der Waals surface area (Å²) in [5, 5.41) is 3.67. The van der Waals surface area contributed by atoms with Crippen LogP contribution in [0.3, 0.4) is 0 Å². The van der Waals surface area contributed by atoms with E-state index < -0.39 is 0 Å². The van der Waals surface area contributed by atoms with Gasteiger partial charge in [-0.15, -0.1) is 0 Å². The van der Waals surface area contributed by atoms with Crippen LogP contribution in [-0.2, 0) is 6.54 Å². The lowest BCUT2D eigenvalue weighted by atomic mass is 9.94. The molecular formula is C19H21N3. The molecule has 2 heterocycles. The van der Waals surface area contributed by atoms with Crippen LogP contribution >= 0.6 is 0 Å². The van der Waals surface area contributed by atoms with Gasteiger partial charge in [-0.25, -0.2) is 0 Å². The highest BCUT2D eigenvalue weighted by Crippen LogP contribution is 2.33. The van der Waals surface area contributed by atoms with Crippen molar-refractivity contribution in [2.45, 2.75) is 25.0 Å². The van der Waals surface area contributed by atoms with Gasteiger partial charge in [0, 0.05) is 49.9 Å². The van der Waals surface area contributed by atoms with Gasteiger partial charge in [-0.2, -0.15) is 0 Å². The Morgan fingerprint density at radius 3 is 2.50 bits per heavy atom. The van der Waals surface area contributed by atoms with Crippen molar-refractivity contribution in [3.8, 4) is 0 Å². The molecule has 112 valence electrons. The first-order valence-electron chi connectivity index (χ1n) is 8.02. The van der Waals surface area contributed by atoms with Crippen molar-refractivity contribution in [1.82, 2.24) is 4.90 Å². The Hall–Kier alpha value is -2.13. The predicted octanol–water partition coefficient (Wildman–Crippen LogP) is 3.52. The topological polar surface area (TPSA) is 27.6 Å². The highest BCUT2D eigenvalue weighted by atomic mass is 15.2. The summed E-state index contributed by atoms with van der Waals surface area (Å²) < 4.78 is 0. The van der Waals surface area contributed by atoms with E-state index in [1.807, 2.05) is 6.21 Å². The van der Waals surface area contributed by atoms with Crippen LogP contribution in [-0.4, -0.2) is 29.9 Å². The smallest absolute Gasteiger partial charge is 0.132 e. The largest absolute Gasteiger partial charge is 0.361 e. The molecule has 0 unspecified atom stereocenters. The molecule has 1 spiro atoms. The lowest BCUT2D eigenvalue weighted by Gasteiger charge is -2.42. The number of anilines is 1. The van der Waals surface area contributed by atoms with Gasteiger partial charge in [0.05, 0.1) is 0 Å². The Kier molecular flexibility index (Phi) is 3.43. The van der Waals surface area contributed by atoms with Crippen LogP contribution in [0.15, 0.2) is 59.6 Å². The number of rotatable bonds is 2. The van der Waals surface area contributed by atoms with E-state index in [-0.39, 0.29) is 5.66 Å². The second-order valence-corrected chi connectivity index (χ2v) is 6.26. The molecule has 0 amide bonds. The van der Waals surface area contributed by atoms with E-state index in [4.69, 9.17) is 4.99 Å². The number of fused-ring (bicyclic) bond motifs is 1. The van der Waals surface area contributed by atoms with E-state index in [0.29, 0.717) is 0 Å². The molecule has 0 aliphatic carbocycles. The molecule has 1 fully saturated rings. The van der Waals surface area contributed by atoms with Crippen molar-refractivity contribution < 1.29 is 0 Å². The Morgan fingerprint density at radius 1 is 0.955 bits per heavy atom. The van der Waals surface area contributed by atoms with E-state index in [9.17, 15) is 0 Å². The molecular weight excluding hydrogens is 270 g/mol. The molecule has 0 saturated carbocycles. The number of piperidine rings is 1. The Morgan fingerprint density at radius 2 is 1.68 bits per heavy atom. The van der Waals surface area contributed by atoms with Crippen molar-refractivity contribution in [1.29, 1.82) is 0 Å². The lowest BCUT2D eigenvalue weighted by Crippen LogP contribution is -2.49. The molecule has 2 aromatic carbocycles. The molecule has 2 aliphatic rings. The number of aliphatic imine (C=N–C) groups is 1. The van der Waals surface area contributed by atoms with Crippen LogP contribution in [0.1, 0.15) is 24.0 Å². The molecule has 0 radical (unpaired) electrons. The van der Waals surface area contributed by atoms with Crippen LogP contribution in [0.25, 0.3) is 0 Å². The standard InChI is InChI=1S/C19H21N3/c1-2-6-16(7-3-1)15-22-12-10-19(11-13-22)20-14-17-8-4-5-9-18(17)21-19/h1-9,14,21H,10-13,15H2. The Balaban J connectivity index is 1.42. The predicted molar refractivity (Wildman–Crippen MR) is 91.3 cm³/mol. The van der Waals surface area contributed by atoms with Crippen LogP contribution in [0.2, 0.25) is 0 Å². The molecule has 1 N–H and O–H groups in total. The van der Waals surface area contributed by atoms with Crippen molar-refractivity contribution in [3.63, 3.8) is 0 Å². The van der Waals surface area contributed by atoms with Gasteiger partial charge in [0.15, 0.2) is 0 Å². The molecule has 0 atom stereocenters. The van der Waals surface area contributed by atoms with Crippen molar-refractivity contribution in [2.75, 3.05) is 18.4 Å².